The Bertz CT molecular complexity index is 765. The number of halogens is 3. The molecular weight excluding hydrogens is 298 g/mol. The van der Waals surface area contributed by atoms with E-state index in [0.29, 0.717) is 24.4 Å². The Morgan fingerprint density at radius 2 is 2.10 bits per heavy atom. The van der Waals surface area contributed by atoms with Crippen molar-refractivity contribution in [2.45, 2.75) is 25.4 Å². The summed E-state index contributed by atoms with van der Waals surface area (Å²) in [6.07, 6.45) is 5.19. The number of rotatable bonds is 4. The van der Waals surface area contributed by atoms with Gasteiger partial charge in [0.25, 0.3) is 0 Å². The van der Waals surface area contributed by atoms with Gasteiger partial charge < -0.3 is 9.13 Å². The molecule has 0 aliphatic heterocycles. The Morgan fingerprint density at radius 3 is 2.76 bits per heavy atom. The van der Waals surface area contributed by atoms with Crippen LogP contribution in [-0.4, -0.2) is 19.1 Å². The Hall–Kier alpha value is -1.95. The van der Waals surface area contributed by atoms with Crippen LogP contribution in [0.25, 0.3) is 11.0 Å². The lowest BCUT2D eigenvalue weighted by atomic mass is 10.3. The SMILES string of the molecule is CC(Cl)c1nc2c(F)cc(F)cc2n1CCn1ccnc1. The maximum atomic E-state index is 13.8. The first-order valence-corrected chi connectivity index (χ1v) is 6.95. The van der Waals surface area contributed by atoms with Gasteiger partial charge in [-0.15, -0.1) is 11.6 Å². The van der Waals surface area contributed by atoms with Gasteiger partial charge in [-0.05, 0) is 13.0 Å². The average molecular weight is 311 g/mol. The highest BCUT2D eigenvalue weighted by atomic mass is 35.5. The van der Waals surface area contributed by atoms with E-state index in [4.69, 9.17) is 11.6 Å². The molecule has 0 N–H and O–H groups in total. The van der Waals surface area contributed by atoms with E-state index < -0.39 is 17.0 Å². The number of nitrogens with zero attached hydrogens (tertiary/aromatic N) is 4. The molecule has 2 heterocycles. The second-order valence-electron chi connectivity index (χ2n) is 4.79. The summed E-state index contributed by atoms with van der Waals surface area (Å²) in [6.45, 7) is 2.87. The van der Waals surface area contributed by atoms with Crippen molar-refractivity contribution in [3.8, 4) is 0 Å². The Morgan fingerprint density at radius 1 is 1.29 bits per heavy atom. The van der Waals surface area contributed by atoms with Crippen LogP contribution in [-0.2, 0) is 13.1 Å². The molecule has 0 bridgehead atoms. The van der Waals surface area contributed by atoms with Gasteiger partial charge in [0.2, 0.25) is 0 Å². The van der Waals surface area contributed by atoms with E-state index in [1.807, 2.05) is 10.8 Å². The molecule has 0 radical (unpaired) electrons. The summed E-state index contributed by atoms with van der Waals surface area (Å²) >= 11 is 6.11. The van der Waals surface area contributed by atoms with Crippen molar-refractivity contribution in [1.29, 1.82) is 0 Å². The lowest BCUT2D eigenvalue weighted by Crippen LogP contribution is -2.10. The first-order chi connectivity index (χ1) is 10.1. The van der Waals surface area contributed by atoms with Gasteiger partial charge in [0.05, 0.1) is 17.2 Å². The second-order valence-corrected chi connectivity index (χ2v) is 5.45. The van der Waals surface area contributed by atoms with Crippen molar-refractivity contribution in [2.75, 3.05) is 0 Å². The van der Waals surface area contributed by atoms with Crippen molar-refractivity contribution in [3.63, 3.8) is 0 Å². The molecule has 0 aliphatic carbocycles. The molecule has 0 saturated carbocycles. The van der Waals surface area contributed by atoms with Crippen LogP contribution < -0.4 is 0 Å². The molecule has 1 aromatic carbocycles. The van der Waals surface area contributed by atoms with E-state index in [1.54, 1.807) is 24.0 Å². The molecular formula is C14H13ClF2N4. The van der Waals surface area contributed by atoms with Gasteiger partial charge >= 0.3 is 0 Å². The van der Waals surface area contributed by atoms with E-state index in [9.17, 15) is 8.78 Å². The van der Waals surface area contributed by atoms with Crippen LogP contribution >= 0.6 is 11.6 Å². The zero-order chi connectivity index (χ0) is 15.0. The maximum absolute atomic E-state index is 13.8. The number of aryl methyl sites for hydroxylation is 2. The molecule has 0 spiro atoms. The molecule has 0 aliphatic rings. The van der Waals surface area contributed by atoms with Crippen molar-refractivity contribution in [3.05, 3.63) is 48.3 Å². The van der Waals surface area contributed by atoms with E-state index in [2.05, 4.69) is 9.97 Å². The van der Waals surface area contributed by atoms with Gasteiger partial charge in [0.1, 0.15) is 17.2 Å². The highest BCUT2D eigenvalue weighted by Crippen LogP contribution is 2.27. The number of aromatic nitrogens is 4. The monoisotopic (exact) mass is 310 g/mol. The van der Waals surface area contributed by atoms with Crippen molar-refractivity contribution < 1.29 is 8.78 Å². The van der Waals surface area contributed by atoms with Crippen LogP contribution in [0.3, 0.4) is 0 Å². The number of benzene rings is 1. The summed E-state index contributed by atoms with van der Waals surface area (Å²) in [6, 6.07) is 2.11. The number of hydrogen-bond acceptors (Lipinski definition) is 2. The number of imidazole rings is 2. The fourth-order valence-electron chi connectivity index (χ4n) is 2.34. The second kappa shape index (κ2) is 5.44. The van der Waals surface area contributed by atoms with Crippen LogP contribution in [0.2, 0.25) is 0 Å². The highest BCUT2D eigenvalue weighted by molar-refractivity contribution is 6.20. The molecule has 7 heteroatoms. The van der Waals surface area contributed by atoms with Crippen LogP contribution in [0.1, 0.15) is 18.1 Å². The van der Waals surface area contributed by atoms with E-state index in [1.165, 1.54) is 6.07 Å². The summed E-state index contributed by atoms with van der Waals surface area (Å²) in [5, 5.41) is -0.400. The molecule has 3 rings (SSSR count). The van der Waals surface area contributed by atoms with Gasteiger partial charge in [0.15, 0.2) is 5.82 Å². The van der Waals surface area contributed by atoms with Gasteiger partial charge in [-0.1, -0.05) is 0 Å². The molecule has 1 unspecified atom stereocenters. The molecule has 0 amide bonds. The first-order valence-electron chi connectivity index (χ1n) is 6.51. The van der Waals surface area contributed by atoms with Gasteiger partial charge in [-0.25, -0.2) is 18.7 Å². The summed E-state index contributed by atoms with van der Waals surface area (Å²) in [5.74, 6) is -0.779. The Balaban J connectivity index is 2.07. The number of hydrogen-bond donors (Lipinski definition) is 0. The predicted octanol–water partition coefficient (Wildman–Crippen LogP) is 3.51. The lowest BCUT2D eigenvalue weighted by Gasteiger charge is -2.11. The minimum Gasteiger partial charge on any atom is -0.336 e. The molecule has 2 aromatic heterocycles. The molecule has 3 aromatic rings. The molecule has 1 atom stereocenters. The fraction of sp³-hybridized carbons (Fsp3) is 0.286. The topological polar surface area (TPSA) is 35.6 Å². The van der Waals surface area contributed by atoms with Crippen LogP contribution in [0.4, 0.5) is 8.78 Å². The van der Waals surface area contributed by atoms with Gasteiger partial charge in [-0.2, -0.15) is 0 Å². The third-order valence-corrected chi connectivity index (χ3v) is 3.49. The number of fused-ring (bicyclic) bond motifs is 1. The van der Waals surface area contributed by atoms with Gasteiger partial charge in [-0.3, -0.25) is 0 Å². The lowest BCUT2D eigenvalue weighted by molar-refractivity contribution is 0.566. The largest absolute Gasteiger partial charge is 0.336 e. The van der Waals surface area contributed by atoms with Crippen molar-refractivity contribution in [1.82, 2.24) is 19.1 Å². The summed E-state index contributed by atoms with van der Waals surface area (Å²) in [5.41, 5.74) is 0.555. The Labute approximate surface area is 125 Å². The van der Waals surface area contributed by atoms with E-state index in [0.717, 1.165) is 6.07 Å². The third kappa shape index (κ3) is 2.63. The van der Waals surface area contributed by atoms with E-state index in [-0.39, 0.29) is 5.52 Å². The quantitative estimate of drug-likeness (QED) is 0.691. The maximum Gasteiger partial charge on any atom is 0.153 e. The molecule has 110 valence electrons. The van der Waals surface area contributed by atoms with Crippen molar-refractivity contribution >= 4 is 22.6 Å². The van der Waals surface area contributed by atoms with E-state index >= 15 is 0 Å². The minimum absolute atomic E-state index is 0.143. The zero-order valence-electron chi connectivity index (χ0n) is 11.3. The Kier molecular flexibility index (Phi) is 3.63. The van der Waals surface area contributed by atoms with Crippen LogP contribution in [0, 0.1) is 11.6 Å². The zero-order valence-corrected chi connectivity index (χ0v) is 12.1. The summed E-state index contributed by atoms with van der Waals surface area (Å²) in [7, 11) is 0. The normalized spacial score (nSPS) is 13.0. The van der Waals surface area contributed by atoms with Gasteiger partial charge in [0, 0.05) is 31.5 Å². The van der Waals surface area contributed by atoms with Crippen LogP contribution in [0.15, 0.2) is 30.9 Å². The first kappa shape index (κ1) is 14.0. The third-order valence-electron chi connectivity index (χ3n) is 3.30. The predicted molar refractivity (Wildman–Crippen MR) is 76.1 cm³/mol. The fourth-order valence-corrected chi connectivity index (χ4v) is 2.51. The molecule has 0 saturated heterocycles. The standard InChI is InChI=1S/C14H13ClF2N4/c1-9(15)14-19-13-11(17)6-10(16)7-12(13)21(14)5-4-20-3-2-18-8-20/h2-3,6-9H,4-5H2,1H3. The van der Waals surface area contributed by atoms with Crippen LogP contribution in [0.5, 0.6) is 0 Å². The van der Waals surface area contributed by atoms with Crippen molar-refractivity contribution in [2.24, 2.45) is 0 Å². The molecule has 0 fully saturated rings. The summed E-state index contributed by atoms with van der Waals surface area (Å²) in [4.78, 5) is 8.18. The smallest absolute Gasteiger partial charge is 0.153 e. The molecule has 4 nitrogen and oxygen atoms in total. The average Bonchev–Trinajstić information content (AvgIpc) is 3.03. The highest BCUT2D eigenvalue weighted by Gasteiger charge is 2.18. The number of alkyl halides is 1. The summed E-state index contributed by atoms with van der Waals surface area (Å²) < 4.78 is 30.9. The molecule has 21 heavy (non-hydrogen) atoms. The minimum atomic E-state index is -0.676.